The fraction of sp³-hybridized carbons (Fsp3) is 0.111. The number of ether oxygens (including phenoxy) is 1. The van der Waals surface area contributed by atoms with Crippen LogP contribution >= 0.6 is 0 Å². The highest BCUT2D eigenvalue weighted by Crippen LogP contribution is 2.27. The van der Waals surface area contributed by atoms with Crippen LogP contribution in [-0.2, 0) is 4.74 Å². The second kappa shape index (κ2) is 7.93. The monoisotopic (exact) mass is 350 g/mol. The first-order chi connectivity index (χ1) is 12.7. The normalized spacial score (nSPS) is 10.2. The Labute approximate surface area is 150 Å². The van der Waals surface area contributed by atoms with Crippen molar-refractivity contribution in [2.75, 3.05) is 23.0 Å². The summed E-state index contributed by atoms with van der Waals surface area (Å²) in [6.07, 6.45) is 3.05. The van der Waals surface area contributed by atoms with E-state index in [0.717, 1.165) is 0 Å². The summed E-state index contributed by atoms with van der Waals surface area (Å²) in [6, 6.07) is 12.4. The molecule has 0 saturated heterocycles. The molecule has 2 aromatic heterocycles. The second-order valence-corrected chi connectivity index (χ2v) is 5.25. The van der Waals surface area contributed by atoms with Crippen molar-refractivity contribution in [1.29, 1.82) is 0 Å². The Morgan fingerprint density at radius 2 is 1.88 bits per heavy atom. The van der Waals surface area contributed by atoms with E-state index in [4.69, 9.17) is 10.5 Å². The molecule has 0 amide bonds. The number of aromatic nitrogens is 3. The lowest BCUT2D eigenvalue weighted by Gasteiger charge is -2.12. The number of pyridine rings is 1. The third-order valence-corrected chi connectivity index (χ3v) is 3.43. The van der Waals surface area contributed by atoms with Gasteiger partial charge in [-0.2, -0.15) is 0 Å². The smallest absolute Gasteiger partial charge is 0.338 e. The summed E-state index contributed by atoms with van der Waals surface area (Å²) in [4.78, 5) is 24.3. The van der Waals surface area contributed by atoms with Crippen molar-refractivity contribution in [3.63, 3.8) is 0 Å². The van der Waals surface area contributed by atoms with Gasteiger partial charge in [0.2, 0.25) is 0 Å². The molecule has 0 aliphatic rings. The van der Waals surface area contributed by atoms with Crippen LogP contribution in [0.15, 0.2) is 55.0 Å². The quantitative estimate of drug-likeness (QED) is 0.581. The average molecular weight is 350 g/mol. The largest absolute Gasteiger partial charge is 0.462 e. The average Bonchev–Trinajstić information content (AvgIpc) is 2.66. The van der Waals surface area contributed by atoms with Crippen LogP contribution in [0.25, 0.3) is 0 Å². The molecular formula is C18H18N6O2. The van der Waals surface area contributed by atoms with Crippen molar-refractivity contribution in [2.45, 2.75) is 6.92 Å². The van der Waals surface area contributed by atoms with Gasteiger partial charge in [0.1, 0.15) is 17.8 Å². The molecule has 8 heteroatoms. The van der Waals surface area contributed by atoms with Gasteiger partial charge < -0.3 is 21.1 Å². The molecule has 0 fully saturated rings. The number of anilines is 5. The molecule has 3 rings (SSSR count). The molecular weight excluding hydrogens is 332 g/mol. The molecule has 3 aromatic rings. The first kappa shape index (κ1) is 17.2. The summed E-state index contributed by atoms with van der Waals surface area (Å²) in [7, 11) is 0. The Morgan fingerprint density at radius 1 is 1.08 bits per heavy atom. The van der Waals surface area contributed by atoms with Gasteiger partial charge in [-0.05, 0) is 37.3 Å². The number of nitrogens with zero attached hydrogens (tertiary/aromatic N) is 3. The van der Waals surface area contributed by atoms with Crippen LogP contribution in [0.2, 0.25) is 0 Å². The fourth-order valence-corrected chi connectivity index (χ4v) is 2.23. The van der Waals surface area contributed by atoms with Crippen molar-refractivity contribution in [3.8, 4) is 0 Å². The molecule has 0 saturated carbocycles. The van der Waals surface area contributed by atoms with Crippen LogP contribution in [0.5, 0.6) is 0 Å². The Hall–Kier alpha value is -3.68. The SMILES string of the molecule is CCOC(=O)c1cccc(Nc2ncnc(Nc3ccccn3)c2N)c1. The van der Waals surface area contributed by atoms with Gasteiger partial charge in [-0.15, -0.1) is 0 Å². The van der Waals surface area contributed by atoms with Gasteiger partial charge in [0.15, 0.2) is 11.6 Å². The van der Waals surface area contributed by atoms with Crippen LogP contribution in [0, 0.1) is 0 Å². The highest BCUT2D eigenvalue weighted by atomic mass is 16.5. The molecule has 132 valence electrons. The number of hydrogen-bond donors (Lipinski definition) is 3. The number of benzene rings is 1. The van der Waals surface area contributed by atoms with Crippen molar-refractivity contribution in [3.05, 3.63) is 60.6 Å². The molecule has 2 heterocycles. The minimum atomic E-state index is -0.385. The predicted octanol–water partition coefficient (Wildman–Crippen LogP) is 3.12. The number of carbonyl (C=O) groups excluding carboxylic acids is 1. The lowest BCUT2D eigenvalue weighted by molar-refractivity contribution is 0.0526. The first-order valence-corrected chi connectivity index (χ1v) is 8.00. The zero-order valence-electron chi connectivity index (χ0n) is 14.1. The van der Waals surface area contributed by atoms with E-state index in [2.05, 4.69) is 25.6 Å². The Balaban J connectivity index is 1.81. The van der Waals surface area contributed by atoms with Crippen LogP contribution in [0.3, 0.4) is 0 Å². The van der Waals surface area contributed by atoms with Gasteiger partial charge in [-0.25, -0.2) is 19.7 Å². The summed E-state index contributed by atoms with van der Waals surface area (Å²) >= 11 is 0. The van der Waals surface area contributed by atoms with E-state index < -0.39 is 0 Å². The van der Waals surface area contributed by atoms with Crippen molar-refractivity contribution >= 4 is 34.8 Å². The van der Waals surface area contributed by atoms with Gasteiger partial charge in [-0.1, -0.05) is 12.1 Å². The number of nitrogens with one attached hydrogen (secondary N) is 2. The van der Waals surface area contributed by atoms with Crippen LogP contribution in [-0.4, -0.2) is 27.5 Å². The lowest BCUT2D eigenvalue weighted by atomic mass is 10.2. The molecule has 0 atom stereocenters. The maximum atomic E-state index is 11.9. The number of rotatable bonds is 6. The van der Waals surface area contributed by atoms with Gasteiger partial charge in [0.25, 0.3) is 0 Å². The summed E-state index contributed by atoms with van der Waals surface area (Å²) in [5, 5.41) is 6.13. The molecule has 0 aliphatic carbocycles. The molecule has 0 spiro atoms. The van der Waals surface area contributed by atoms with Crippen molar-refractivity contribution in [2.24, 2.45) is 0 Å². The van der Waals surface area contributed by atoms with E-state index in [1.54, 1.807) is 43.5 Å². The molecule has 26 heavy (non-hydrogen) atoms. The molecule has 0 unspecified atom stereocenters. The van der Waals surface area contributed by atoms with Gasteiger partial charge in [-0.3, -0.25) is 0 Å². The third kappa shape index (κ3) is 4.04. The molecule has 0 bridgehead atoms. The van der Waals surface area contributed by atoms with Crippen LogP contribution < -0.4 is 16.4 Å². The zero-order chi connectivity index (χ0) is 18.4. The minimum absolute atomic E-state index is 0.317. The number of carbonyl (C=O) groups is 1. The molecule has 4 N–H and O–H groups in total. The van der Waals surface area contributed by atoms with Gasteiger partial charge in [0, 0.05) is 11.9 Å². The summed E-state index contributed by atoms with van der Waals surface area (Å²) in [6.45, 7) is 2.08. The number of hydrogen-bond acceptors (Lipinski definition) is 8. The van der Waals surface area contributed by atoms with Crippen LogP contribution in [0.1, 0.15) is 17.3 Å². The lowest BCUT2D eigenvalue weighted by Crippen LogP contribution is -2.07. The predicted molar refractivity (Wildman–Crippen MR) is 99.6 cm³/mol. The molecule has 8 nitrogen and oxygen atoms in total. The van der Waals surface area contributed by atoms with E-state index in [9.17, 15) is 4.79 Å². The van der Waals surface area contributed by atoms with E-state index in [1.165, 1.54) is 6.33 Å². The molecule has 0 aliphatic heterocycles. The summed E-state index contributed by atoms with van der Waals surface area (Å²) < 4.78 is 5.01. The third-order valence-electron chi connectivity index (χ3n) is 3.43. The van der Waals surface area contributed by atoms with Gasteiger partial charge >= 0.3 is 5.97 Å². The topological polar surface area (TPSA) is 115 Å². The second-order valence-electron chi connectivity index (χ2n) is 5.25. The minimum Gasteiger partial charge on any atom is -0.462 e. The van der Waals surface area contributed by atoms with Crippen LogP contribution in [0.4, 0.5) is 28.8 Å². The highest BCUT2D eigenvalue weighted by molar-refractivity contribution is 5.91. The number of nitrogen functional groups attached to an aromatic ring is 1. The first-order valence-electron chi connectivity index (χ1n) is 8.00. The van der Waals surface area contributed by atoms with Crippen molar-refractivity contribution in [1.82, 2.24) is 15.0 Å². The summed E-state index contributed by atoms with van der Waals surface area (Å²) in [5.41, 5.74) is 7.59. The van der Waals surface area contributed by atoms with E-state index in [-0.39, 0.29) is 5.97 Å². The van der Waals surface area contributed by atoms with E-state index in [1.807, 2.05) is 12.1 Å². The number of esters is 1. The van der Waals surface area contributed by atoms with E-state index in [0.29, 0.717) is 41.0 Å². The van der Waals surface area contributed by atoms with E-state index >= 15 is 0 Å². The molecule has 0 radical (unpaired) electrons. The Morgan fingerprint density at radius 3 is 2.62 bits per heavy atom. The molecule has 1 aromatic carbocycles. The van der Waals surface area contributed by atoms with Gasteiger partial charge in [0.05, 0.1) is 12.2 Å². The maximum Gasteiger partial charge on any atom is 0.338 e. The zero-order valence-corrected chi connectivity index (χ0v) is 14.1. The standard InChI is InChI=1S/C18H18N6O2/c1-2-26-18(25)12-6-5-7-13(10-12)23-16-15(19)17(22-11-21-16)24-14-8-3-4-9-20-14/h3-11H,2,19H2,1H3,(H2,20,21,22,23,24). The fourth-order valence-electron chi connectivity index (χ4n) is 2.23. The maximum absolute atomic E-state index is 11.9. The highest BCUT2D eigenvalue weighted by Gasteiger charge is 2.11. The Kier molecular flexibility index (Phi) is 5.23. The summed E-state index contributed by atoms with van der Waals surface area (Å²) in [5.74, 6) is 1.08. The Bertz CT molecular complexity index is 901. The number of nitrogens with two attached hydrogens (primary N) is 1. The van der Waals surface area contributed by atoms with Crippen molar-refractivity contribution < 1.29 is 9.53 Å².